The summed E-state index contributed by atoms with van der Waals surface area (Å²) in [4.78, 5) is 25.0. The van der Waals surface area contributed by atoms with E-state index in [0.29, 0.717) is 24.3 Å². The smallest absolute Gasteiger partial charge is 0.407 e. The summed E-state index contributed by atoms with van der Waals surface area (Å²) in [6.07, 6.45) is 2.69. The molecule has 0 aromatic heterocycles. The third kappa shape index (κ3) is 3.19. The molecule has 3 rings (SSSR count). The maximum Gasteiger partial charge on any atom is 0.407 e. The second kappa shape index (κ2) is 6.16. The number of carbonyl (C=O) groups excluding carboxylic acids is 1. The summed E-state index contributed by atoms with van der Waals surface area (Å²) >= 11 is 5.92. The van der Waals surface area contributed by atoms with Crippen LogP contribution in [0.1, 0.15) is 31.2 Å². The van der Waals surface area contributed by atoms with Crippen molar-refractivity contribution in [3.8, 4) is 0 Å². The van der Waals surface area contributed by atoms with Gasteiger partial charge in [0.25, 0.3) is 0 Å². The summed E-state index contributed by atoms with van der Waals surface area (Å²) in [5, 5.41) is 12.9. The van der Waals surface area contributed by atoms with E-state index in [1.165, 1.54) is 0 Å². The maximum absolute atomic E-state index is 12.2. The number of piperidine rings is 1. The fraction of sp³-hybridized carbons (Fsp3) is 0.500. The molecular weight excluding hydrogens is 304 g/mol. The Morgan fingerprint density at radius 2 is 1.95 bits per heavy atom. The highest BCUT2D eigenvalue weighted by Gasteiger charge is 2.43. The van der Waals surface area contributed by atoms with Gasteiger partial charge in [0.05, 0.1) is 6.42 Å². The fourth-order valence-electron chi connectivity index (χ4n) is 3.72. The largest absolute Gasteiger partial charge is 0.465 e. The molecule has 2 aliphatic rings. The number of hydrogen-bond acceptors (Lipinski definition) is 2. The van der Waals surface area contributed by atoms with Crippen molar-refractivity contribution in [1.82, 2.24) is 10.2 Å². The number of hydrogen-bond donors (Lipinski definition) is 2. The number of carboxylic acid groups (broad SMARTS) is 1. The van der Waals surface area contributed by atoms with Crippen molar-refractivity contribution in [2.24, 2.45) is 0 Å². The number of amides is 2. The molecule has 0 aliphatic carbocycles. The van der Waals surface area contributed by atoms with E-state index in [-0.39, 0.29) is 24.0 Å². The van der Waals surface area contributed by atoms with Gasteiger partial charge in [-0.05, 0) is 43.4 Å². The van der Waals surface area contributed by atoms with Gasteiger partial charge >= 0.3 is 6.09 Å². The molecule has 3 atom stereocenters. The lowest BCUT2D eigenvalue weighted by Gasteiger charge is -2.37. The van der Waals surface area contributed by atoms with Gasteiger partial charge in [-0.2, -0.15) is 0 Å². The Kier molecular flexibility index (Phi) is 4.25. The Morgan fingerprint density at radius 1 is 1.27 bits per heavy atom. The summed E-state index contributed by atoms with van der Waals surface area (Å²) in [5.41, 5.74) is 0.885. The zero-order valence-corrected chi connectivity index (χ0v) is 12.9. The van der Waals surface area contributed by atoms with Crippen molar-refractivity contribution < 1.29 is 14.7 Å². The molecule has 2 heterocycles. The van der Waals surface area contributed by atoms with Crippen LogP contribution in [-0.2, 0) is 11.2 Å². The fourth-order valence-corrected chi connectivity index (χ4v) is 3.93. The lowest BCUT2D eigenvalue weighted by molar-refractivity contribution is -0.121. The van der Waals surface area contributed by atoms with Gasteiger partial charge in [0, 0.05) is 23.1 Å². The second-order valence-corrected chi connectivity index (χ2v) is 6.55. The monoisotopic (exact) mass is 322 g/mol. The Balaban J connectivity index is 1.56. The number of fused-ring (bicyclic) bond motifs is 2. The number of nitrogens with zero attached hydrogens (tertiary/aromatic N) is 1. The summed E-state index contributed by atoms with van der Waals surface area (Å²) < 4.78 is 0. The van der Waals surface area contributed by atoms with Crippen molar-refractivity contribution in [1.29, 1.82) is 0 Å². The van der Waals surface area contributed by atoms with Crippen LogP contribution >= 0.6 is 11.6 Å². The third-order valence-corrected chi connectivity index (χ3v) is 4.81. The quantitative estimate of drug-likeness (QED) is 0.899. The average molecular weight is 323 g/mol. The maximum atomic E-state index is 12.2. The molecule has 2 fully saturated rings. The van der Waals surface area contributed by atoms with E-state index >= 15 is 0 Å². The zero-order valence-electron chi connectivity index (χ0n) is 12.2. The van der Waals surface area contributed by atoms with Gasteiger partial charge in [0.15, 0.2) is 0 Å². The van der Waals surface area contributed by atoms with Crippen LogP contribution in [0.4, 0.5) is 4.79 Å². The summed E-state index contributed by atoms with van der Waals surface area (Å²) in [5.74, 6) is -0.0320. The molecule has 6 heteroatoms. The number of halogens is 1. The number of benzene rings is 1. The molecule has 118 valence electrons. The molecule has 2 N–H and O–H groups in total. The molecule has 2 saturated heterocycles. The van der Waals surface area contributed by atoms with Crippen LogP contribution in [0.3, 0.4) is 0 Å². The summed E-state index contributed by atoms with van der Waals surface area (Å²) in [6.45, 7) is 0. The first-order valence-electron chi connectivity index (χ1n) is 7.58. The van der Waals surface area contributed by atoms with Gasteiger partial charge in [0.2, 0.25) is 5.91 Å². The number of nitrogens with one attached hydrogen (secondary N) is 1. The third-order valence-electron chi connectivity index (χ3n) is 4.57. The predicted octanol–water partition coefficient (Wildman–Crippen LogP) is 2.67. The molecule has 1 aromatic carbocycles. The SMILES string of the molecule is O=C(Cc1cccc(Cl)c1)N[C@H]1C[C@H]2CC[C@@H](C1)N2C(=O)O. The van der Waals surface area contributed by atoms with Crippen molar-refractivity contribution >= 4 is 23.6 Å². The molecule has 0 saturated carbocycles. The molecular formula is C16H19ClN2O3. The standard InChI is InChI=1S/C16H19ClN2O3/c17-11-3-1-2-10(6-11)7-15(20)18-12-8-13-4-5-14(9-12)19(13)16(21)22/h1-3,6,12-14H,4-5,7-9H2,(H,18,20)(H,21,22)/t12-,13+,14-. The number of rotatable bonds is 3. The van der Waals surface area contributed by atoms with Crippen LogP contribution in [0.2, 0.25) is 5.02 Å². The Bertz CT molecular complexity index is 579. The molecule has 0 spiro atoms. The normalized spacial score (nSPS) is 26.8. The van der Waals surface area contributed by atoms with E-state index in [1.54, 1.807) is 17.0 Å². The lowest BCUT2D eigenvalue weighted by atomic mass is 9.97. The van der Waals surface area contributed by atoms with Crippen LogP contribution < -0.4 is 5.32 Å². The molecule has 2 bridgehead atoms. The second-order valence-electron chi connectivity index (χ2n) is 6.12. The van der Waals surface area contributed by atoms with Crippen molar-refractivity contribution in [3.05, 3.63) is 34.9 Å². The van der Waals surface area contributed by atoms with E-state index in [1.807, 2.05) is 12.1 Å². The Hall–Kier alpha value is -1.75. The van der Waals surface area contributed by atoms with Crippen molar-refractivity contribution in [3.63, 3.8) is 0 Å². The minimum Gasteiger partial charge on any atom is -0.465 e. The van der Waals surface area contributed by atoms with Crippen molar-refractivity contribution in [2.45, 2.75) is 50.2 Å². The number of carbonyl (C=O) groups is 2. The topological polar surface area (TPSA) is 69.6 Å². The van der Waals surface area contributed by atoms with Crippen LogP contribution in [-0.4, -0.2) is 40.1 Å². The van der Waals surface area contributed by atoms with E-state index in [2.05, 4.69) is 5.32 Å². The van der Waals surface area contributed by atoms with Crippen LogP contribution in [0.5, 0.6) is 0 Å². The molecule has 5 nitrogen and oxygen atoms in total. The van der Waals surface area contributed by atoms with Gasteiger partial charge in [-0.3, -0.25) is 4.79 Å². The van der Waals surface area contributed by atoms with E-state index in [9.17, 15) is 14.7 Å². The minimum atomic E-state index is -0.837. The molecule has 0 radical (unpaired) electrons. The van der Waals surface area contributed by atoms with Gasteiger partial charge in [0.1, 0.15) is 0 Å². The molecule has 2 aliphatic heterocycles. The Labute approximate surface area is 134 Å². The van der Waals surface area contributed by atoms with Crippen molar-refractivity contribution in [2.75, 3.05) is 0 Å². The average Bonchev–Trinajstić information content (AvgIpc) is 2.71. The summed E-state index contributed by atoms with van der Waals surface area (Å²) in [6, 6.07) is 7.44. The summed E-state index contributed by atoms with van der Waals surface area (Å²) in [7, 11) is 0. The predicted molar refractivity (Wildman–Crippen MR) is 83.0 cm³/mol. The van der Waals surface area contributed by atoms with E-state index in [0.717, 1.165) is 18.4 Å². The molecule has 22 heavy (non-hydrogen) atoms. The highest BCUT2D eigenvalue weighted by Crippen LogP contribution is 2.35. The van der Waals surface area contributed by atoms with Gasteiger partial charge in [-0.1, -0.05) is 23.7 Å². The molecule has 0 unspecified atom stereocenters. The minimum absolute atomic E-state index is 0.0320. The van der Waals surface area contributed by atoms with Gasteiger partial charge in [-0.25, -0.2) is 4.79 Å². The van der Waals surface area contributed by atoms with E-state index < -0.39 is 6.09 Å². The lowest BCUT2D eigenvalue weighted by Crippen LogP contribution is -2.52. The Morgan fingerprint density at radius 3 is 2.55 bits per heavy atom. The first-order chi connectivity index (χ1) is 10.5. The van der Waals surface area contributed by atoms with Gasteiger partial charge < -0.3 is 15.3 Å². The van der Waals surface area contributed by atoms with Crippen LogP contribution in [0.25, 0.3) is 0 Å². The zero-order chi connectivity index (χ0) is 15.7. The molecule has 1 aromatic rings. The highest BCUT2D eigenvalue weighted by molar-refractivity contribution is 6.30. The van der Waals surface area contributed by atoms with E-state index in [4.69, 9.17) is 11.6 Å². The van der Waals surface area contributed by atoms with Gasteiger partial charge in [-0.15, -0.1) is 0 Å². The first kappa shape index (κ1) is 15.2. The van der Waals surface area contributed by atoms with Crippen LogP contribution in [0.15, 0.2) is 24.3 Å². The first-order valence-corrected chi connectivity index (χ1v) is 7.96. The van der Waals surface area contributed by atoms with Crippen LogP contribution in [0, 0.1) is 0 Å². The highest BCUT2D eigenvalue weighted by atomic mass is 35.5. The molecule has 2 amide bonds.